The highest BCUT2D eigenvalue weighted by atomic mass is 16.0. The maximum absolute atomic E-state index is 4.90. The normalized spacial score (nSPS) is 11.2. The van der Waals surface area contributed by atoms with Gasteiger partial charge in [0, 0.05) is 6.54 Å². The number of nitrogens with two attached hydrogens (primary N) is 1. The predicted octanol–water partition coefficient (Wildman–Crippen LogP) is -9.45. The molecule has 0 heterocycles. The zero-order valence-corrected chi connectivity index (χ0v) is 11.8. The second-order valence-corrected chi connectivity index (χ2v) is 2.80. The van der Waals surface area contributed by atoms with E-state index >= 15 is 0 Å². The fourth-order valence-corrected chi connectivity index (χ4v) is 0.637. The Kier molecular flexibility index (Phi) is 19.5. The lowest BCUT2D eigenvalue weighted by molar-refractivity contribution is 0.195. The quantitative estimate of drug-likeness (QED) is 0.0595. The molecule has 20 heteroatoms. The molecule has 20 nitrogen and oxygen atoms in total. The van der Waals surface area contributed by atoms with Crippen LogP contribution in [0.4, 0.5) is 0 Å². The Balaban J connectivity index is 2.91. The van der Waals surface area contributed by atoms with Crippen LogP contribution in [0.25, 0.3) is 0 Å². The minimum atomic E-state index is 0.773. The van der Waals surface area contributed by atoms with Gasteiger partial charge in [-0.3, -0.25) is 5.84 Å². The molecular formula is C2H26N20. The van der Waals surface area contributed by atoms with Crippen molar-refractivity contribution in [2.24, 2.45) is 5.84 Å². The first-order valence-electron chi connectivity index (χ1n) is 5.85. The lowest BCUT2D eigenvalue weighted by atomic mass is 10.8. The summed E-state index contributed by atoms with van der Waals surface area (Å²) >= 11 is 0. The average Bonchev–Trinajstić information content (AvgIpc) is 2.54. The van der Waals surface area contributed by atoms with Gasteiger partial charge in [-0.1, -0.05) is 6.92 Å². The van der Waals surface area contributed by atoms with E-state index in [4.69, 9.17) is 5.84 Å². The largest absolute Gasteiger partial charge is 0.257 e. The molecule has 134 valence electrons. The Morgan fingerprint density at radius 1 is 0.455 bits per heavy atom. The smallest absolute Gasteiger partial charge is 0.00850 e. The van der Waals surface area contributed by atoms with Crippen molar-refractivity contribution < 1.29 is 0 Å². The summed E-state index contributed by atoms with van der Waals surface area (Å²) in [5, 5.41) is 0. The van der Waals surface area contributed by atoms with Crippen LogP contribution >= 0.6 is 0 Å². The van der Waals surface area contributed by atoms with E-state index in [9.17, 15) is 0 Å². The number of rotatable bonds is 19. The molecule has 0 amide bonds. The molecular weight excluding hydrogens is 304 g/mol. The van der Waals surface area contributed by atoms with Crippen LogP contribution in [0, 0.1) is 0 Å². The summed E-state index contributed by atoms with van der Waals surface area (Å²) < 4.78 is 0. The molecule has 0 aliphatic rings. The van der Waals surface area contributed by atoms with Crippen LogP contribution in [0.3, 0.4) is 0 Å². The van der Waals surface area contributed by atoms with Crippen molar-refractivity contribution in [3.8, 4) is 0 Å². The molecule has 0 bridgehead atoms. The van der Waals surface area contributed by atoms with Gasteiger partial charge in [-0.05, 0) is 0 Å². The van der Waals surface area contributed by atoms with E-state index in [2.05, 4.69) is 105 Å². The van der Waals surface area contributed by atoms with Gasteiger partial charge in [0.05, 0.1) is 0 Å². The fourth-order valence-electron chi connectivity index (χ4n) is 0.637. The summed E-state index contributed by atoms with van der Waals surface area (Å²) in [5.74, 6) is 4.90. The Morgan fingerprint density at radius 3 is 1.00 bits per heavy atom. The van der Waals surface area contributed by atoms with E-state index in [-0.39, 0.29) is 0 Å². The molecule has 0 aromatic rings. The molecule has 0 aromatic carbocycles. The van der Waals surface area contributed by atoms with Crippen molar-refractivity contribution in [1.82, 2.24) is 105 Å². The van der Waals surface area contributed by atoms with Crippen LogP contribution < -0.4 is 111 Å². The highest BCUT2D eigenvalue weighted by Crippen LogP contribution is 1.38. The van der Waals surface area contributed by atoms with Crippen LogP contribution in [0.2, 0.25) is 0 Å². The SMILES string of the molecule is CCNNNNNNNNNNNNNNNNNNNN. The number of hydrazine groups is 19. The Bertz CT molecular complexity index is 163. The minimum Gasteiger partial charge on any atom is -0.257 e. The summed E-state index contributed by atoms with van der Waals surface area (Å²) in [4.78, 5) is 0. The van der Waals surface area contributed by atoms with Crippen molar-refractivity contribution in [1.29, 1.82) is 0 Å². The van der Waals surface area contributed by atoms with Gasteiger partial charge in [0.2, 0.25) is 0 Å². The van der Waals surface area contributed by atoms with Gasteiger partial charge in [0.25, 0.3) is 0 Å². The van der Waals surface area contributed by atoms with Gasteiger partial charge >= 0.3 is 0 Å². The number of hydrogen-bond acceptors (Lipinski definition) is 20. The van der Waals surface area contributed by atoms with Crippen molar-refractivity contribution in [3.63, 3.8) is 0 Å². The third-order valence-corrected chi connectivity index (χ3v) is 1.34. The maximum atomic E-state index is 4.90. The van der Waals surface area contributed by atoms with Crippen molar-refractivity contribution in [2.45, 2.75) is 6.92 Å². The van der Waals surface area contributed by atoms with Gasteiger partial charge in [0.1, 0.15) is 0 Å². The molecule has 0 fully saturated rings. The summed E-state index contributed by atoms with van der Waals surface area (Å²) in [5.41, 5.74) is 47.4. The third-order valence-electron chi connectivity index (χ3n) is 1.34. The third kappa shape index (κ3) is 19.2. The minimum absolute atomic E-state index is 0.773. The van der Waals surface area contributed by atoms with Gasteiger partial charge < -0.3 is 0 Å². The van der Waals surface area contributed by atoms with Crippen LogP contribution in [-0.4, -0.2) is 6.54 Å². The van der Waals surface area contributed by atoms with Gasteiger partial charge in [0.15, 0.2) is 0 Å². The Hall–Kier alpha value is -0.800. The molecule has 0 radical (unpaired) electrons. The van der Waals surface area contributed by atoms with Crippen LogP contribution in [0.5, 0.6) is 0 Å². The van der Waals surface area contributed by atoms with Gasteiger partial charge in [-0.25, -0.2) is 5.43 Å². The number of nitrogens with one attached hydrogen (secondary N) is 19. The standard InChI is InChI=1S/C2H26N20/c1-2-4-6-8-10-12-14-16-18-20-22-21-19-17-15-13-11-9-7-5-3/h4-22H,2-3H2,1H3. The van der Waals surface area contributed by atoms with Crippen molar-refractivity contribution >= 4 is 0 Å². The highest BCUT2D eigenvalue weighted by Gasteiger charge is 1.83. The molecule has 0 unspecified atom stereocenters. The second kappa shape index (κ2) is 20.2. The summed E-state index contributed by atoms with van der Waals surface area (Å²) in [6.45, 7) is 2.72. The fraction of sp³-hybridized carbons (Fsp3) is 1.00. The molecule has 22 heavy (non-hydrogen) atoms. The Labute approximate surface area is 125 Å². The second-order valence-electron chi connectivity index (χ2n) is 2.80. The average molecular weight is 330 g/mol. The number of hydrogen-bond donors (Lipinski definition) is 20. The predicted molar refractivity (Wildman–Crippen MR) is 74.3 cm³/mol. The molecule has 0 rings (SSSR count). The first kappa shape index (κ1) is 21.2. The molecule has 0 aliphatic carbocycles. The lowest BCUT2D eigenvalue weighted by Crippen LogP contribution is -2.69. The van der Waals surface area contributed by atoms with E-state index in [0.29, 0.717) is 0 Å². The molecule has 0 aliphatic heterocycles. The Morgan fingerprint density at radius 2 is 0.727 bits per heavy atom. The van der Waals surface area contributed by atoms with E-state index in [1.807, 2.05) is 6.92 Å². The van der Waals surface area contributed by atoms with Crippen molar-refractivity contribution in [2.75, 3.05) is 6.54 Å². The monoisotopic (exact) mass is 330 g/mol. The molecule has 21 N–H and O–H groups in total. The zero-order chi connectivity index (χ0) is 16.1. The zero-order valence-electron chi connectivity index (χ0n) is 11.8. The maximum Gasteiger partial charge on any atom is 0.00850 e. The van der Waals surface area contributed by atoms with Gasteiger partial charge in [-0.15, -0.1) is 0 Å². The summed E-state index contributed by atoms with van der Waals surface area (Å²) in [6.07, 6.45) is 0. The molecule has 0 aromatic heterocycles. The first-order chi connectivity index (χ1) is 10.9. The molecule has 0 atom stereocenters. The molecule has 0 saturated heterocycles. The molecule has 0 saturated carbocycles. The summed E-state index contributed by atoms with van der Waals surface area (Å²) in [7, 11) is 0. The van der Waals surface area contributed by atoms with E-state index in [1.165, 1.54) is 0 Å². The first-order valence-corrected chi connectivity index (χ1v) is 5.85. The van der Waals surface area contributed by atoms with Crippen LogP contribution in [-0.2, 0) is 0 Å². The molecule has 0 spiro atoms. The van der Waals surface area contributed by atoms with E-state index < -0.39 is 0 Å². The summed E-state index contributed by atoms with van der Waals surface area (Å²) in [6, 6.07) is 0. The van der Waals surface area contributed by atoms with E-state index in [1.54, 1.807) is 0 Å². The van der Waals surface area contributed by atoms with E-state index in [0.717, 1.165) is 6.54 Å². The lowest BCUT2D eigenvalue weighted by Gasteiger charge is -2.15. The van der Waals surface area contributed by atoms with Crippen LogP contribution in [0.15, 0.2) is 0 Å². The highest BCUT2D eigenvalue weighted by molar-refractivity contribution is 4.21. The topological polar surface area (TPSA) is 255 Å². The van der Waals surface area contributed by atoms with Crippen LogP contribution in [0.1, 0.15) is 6.92 Å². The van der Waals surface area contributed by atoms with Gasteiger partial charge in [-0.2, -0.15) is 99.6 Å². The van der Waals surface area contributed by atoms with Crippen molar-refractivity contribution in [3.05, 3.63) is 0 Å².